The van der Waals surface area contributed by atoms with Crippen molar-refractivity contribution in [1.29, 1.82) is 0 Å². The molecule has 0 aromatic heterocycles. The predicted molar refractivity (Wildman–Crippen MR) is 56.3 cm³/mol. The van der Waals surface area contributed by atoms with E-state index in [1.54, 1.807) is 0 Å². The fourth-order valence-corrected chi connectivity index (χ4v) is 0.781. The van der Waals surface area contributed by atoms with Crippen LogP contribution in [0.3, 0.4) is 0 Å². The summed E-state index contributed by atoms with van der Waals surface area (Å²) in [5.74, 6) is 0. The molecule has 0 heterocycles. The van der Waals surface area contributed by atoms with Gasteiger partial charge in [0.15, 0.2) is 0 Å². The van der Waals surface area contributed by atoms with Gasteiger partial charge in [-0.3, -0.25) is 0 Å². The Balaban J connectivity index is 0.000000354. The van der Waals surface area contributed by atoms with Crippen LogP contribution in [0.15, 0.2) is 43.0 Å². The van der Waals surface area contributed by atoms with E-state index in [9.17, 15) is 0 Å². The van der Waals surface area contributed by atoms with Crippen molar-refractivity contribution in [1.82, 2.24) is 0 Å². The van der Waals surface area contributed by atoms with Crippen LogP contribution >= 0.6 is 0 Å². The zero-order valence-corrected chi connectivity index (χ0v) is 8.09. The summed E-state index contributed by atoms with van der Waals surface area (Å²) in [6.45, 7) is 7.91. The van der Waals surface area contributed by atoms with Crippen molar-refractivity contribution in [3.05, 3.63) is 48.6 Å². The highest BCUT2D eigenvalue weighted by molar-refractivity contribution is 5.16. The number of hydrogen-bond donors (Lipinski definition) is 0. The molecule has 1 rings (SSSR count). The minimum Gasteiger partial charge on any atom is -0.103 e. The van der Waals surface area contributed by atoms with E-state index in [0.29, 0.717) is 0 Å². The predicted octanol–water partition coefficient (Wildman–Crippen LogP) is 3.83. The summed E-state index contributed by atoms with van der Waals surface area (Å²) in [7, 11) is 0. The van der Waals surface area contributed by atoms with Crippen molar-refractivity contribution in [2.24, 2.45) is 0 Å². The van der Waals surface area contributed by atoms with Gasteiger partial charge in [-0.05, 0) is 12.0 Å². The topological polar surface area (TPSA) is 0 Å². The van der Waals surface area contributed by atoms with Crippen molar-refractivity contribution in [2.45, 2.75) is 26.7 Å². The van der Waals surface area contributed by atoms with Gasteiger partial charge in [0.05, 0.1) is 0 Å². The first-order valence-electron chi connectivity index (χ1n) is 4.49. The van der Waals surface area contributed by atoms with Gasteiger partial charge in [0.1, 0.15) is 0 Å². The molecule has 0 unspecified atom stereocenters. The highest BCUT2D eigenvalue weighted by Crippen LogP contribution is 1.98. The third-order valence-corrected chi connectivity index (χ3v) is 1.22. The molecule has 0 amide bonds. The van der Waals surface area contributed by atoms with E-state index < -0.39 is 0 Å². The quantitative estimate of drug-likeness (QED) is 0.580. The molecule has 1 aromatic carbocycles. The molecule has 0 saturated heterocycles. The molecular formula is C12H18. The molecule has 0 spiro atoms. The minimum atomic E-state index is 0.973. The van der Waals surface area contributed by atoms with E-state index in [1.807, 2.05) is 24.3 Å². The maximum Gasteiger partial charge on any atom is -0.0100 e. The lowest BCUT2D eigenvalue weighted by atomic mass is 10.2. The Hall–Kier alpha value is -1.04. The Bertz CT molecular complexity index is 186. The van der Waals surface area contributed by atoms with Crippen LogP contribution in [-0.2, 0) is 6.42 Å². The second-order valence-electron chi connectivity index (χ2n) is 2.69. The van der Waals surface area contributed by atoms with E-state index in [0.717, 1.165) is 6.42 Å². The smallest absolute Gasteiger partial charge is 0.0100 e. The molecule has 0 atom stereocenters. The van der Waals surface area contributed by atoms with Crippen LogP contribution < -0.4 is 0 Å². The highest BCUT2D eigenvalue weighted by Gasteiger charge is 1.82. The van der Waals surface area contributed by atoms with Gasteiger partial charge in [-0.25, -0.2) is 0 Å². The summed E-state index contributed by atoms with van der Waals surface area (Å²) < 4.78 is 0. The summed E-state index contributed by atoms with van der Waals surface area (Å²) in [6.07, 6.45) is 4.14. The molecule has 0 radical (unpaired) electrons. The minimum absolute atomic E-state index is 0.973. The summed E-state index contributed by atoms with van der Waals surface area (Å²) >= 11 is 0. The third-order valence-electron chi connectivity index (χ3n) is 1.22. The maximum atomic E-state index is 3.66. The van der Waals surface area contributed by atoms with Crippen LogP contribution in [0, 0.1) is 0 Å². The van der Waals surface area contributed by atoms with Crippen molar-refractivity contribution >= 4 is 0 Å². The van der Waals surface area contributed by atoms with E-state index in [-0.39, 0.29) is 0 Å². The van der Waals surface area contributed by atoms with Crippen LogP contribution in [-0.4, -0.2) is 0 Å². The van der Waals surface area contributed by atoms with Crippen LogP contribution in [0.4, 0.5) is 0 Å². The van der Waals surface area contributed by atoms with E-state index in [1.165, 1.54) is 12.0 Å². The molecular weight excluding hydrogens is 144 g/mol. The van der Waals surface area contributed by atoms with E-state index >= 15 is 0 Å². The average Bonchev–Trinajstić information content (AvgIpc) is 2.08. The Morgan fingerprint density at radius 3 is 2.08 bits per heavy atom. The molecule has 0 aliphatic rings. The van der Waals surface area contributed by atoms with Crippen molar-refractivity contribution in [3.63, 3.8) is 0 Å². The lowest BCUT2D eigenvalue weighted by Crippen LogP contribution is -1.75. The largest absolute Gasteiger partial charge is 0.103 e. The first-order valence-corrected chi connectivity index (χ1v) is 4.49. The van der Waals surface area contributed by atoms with Crippen molar-refractivity contribution in [2.75, 3.05) is 0 Å². The SMILES string of the molecule is C=CCc1ccccc1.CCC. The first kappa shape index (κ1) is 11.0. The number of allylic oxidation sites excluding steroid dienone is 1. The van der Waals surface area contributed by atoms with Gasteiger partial charge < -0.3 is 0 Å². The molecule has 12 heavy (non-hydrogen) atoms. The van der Waals surface area contributed by atoms with Gasteiger partial charge in [-0.15, -0.1) is 6.58 Å². The molecule has 0 fully saturated rings. The second-order valence-corrected chi connectivity index (χ2v) is 2.69. The van der Waals surface area contributed by atoms with Gasteiger partial charge in [-0.1, -0.05) is 56.7 Å². The Labute approximate surface area is 75.9 Å². The van der Waals surface area contributed by atoms with Gasteiger partial charge in [0.2, 0.25) is 0 Å². The van der Waals surface area contributed by atoms with Crippen LogP contribution in [0.5, 0.6) is 0 Å². The van der Waals surface area contributed by atoms with Gasteiger partial charge in [0.25, 0.3) is 0 Å². The van der Waals surface area contributed by atoms with Gasteiger partial charge in [0, 0.05) is 0 Å². The number of hydrogen-bond acceptors (Lipinski definition) is 0. The fourth-order valence-electron chi connectivity index (χ4n) is 0.781. The van der Waals surface area contributed by atoms with Crippen LogP contribution in [0.2, 0.25) is 0 Å². The van der Waals surface area contributed by atoms with Crippen molar-refractivity contribution < 1.29 is 0 Å². The third kappa shape index (κ3) is 5.72. The normalized spacial score (nSPS) is 8.17. The summed E-state index contributed by atoms with van der Waals surface area (Å²) in [5, 5.41) is 0. The molecule has 0 N–H and O–H groups in total. The zero-order chi connectivity index (χ0) is 9.23. The Kier molecular flexibility index (Phi) is 7.36. The van der Waals surface area contributed by atoms with Gasteiger partial charge >= 0.3 is 0 Å². The monoisotopic (exact) mass is 162 g/mol. The maximum absolute atomic E-state index is 3.66. The lowest BCUT2D eigenvalue weighted by Gasteiger charge is -1.91. The molecule has 0 heteroatoms. The standard InChI is InChI=1S/C9H10.C3H8/c1-2-6-9-7-4-3-5-8-9;1-3-2/h2-5,7-8H,1,6H2;3H2,1-2H3. The fraction of sp³-hybridized carbons (Fsp3) is 0.333. The molecule has 0 saturated carbocycles. The number of rotatable bonds is 2. The van der Waals surface area contributed by atoms with E-state index in [4.69, 9.17) is 0 Å². The second kappa shape index (κ2) is 8.06. The zero-order valence-electron chi connectivity index (χ0n) is 8.09. The van der Waals surface area contributed by atoms with Crippen molar-refractivity contribution in [3.8, 4) is 0 Å². The molecule has 0 aliphatic carbocycles. The van der Waals surface area contributed by atoms with Crippen LogP contribution in [0.25, 0.3) is 0 Å². The lowest BCUT2D eigenvalue weighted by molar-refractivity contribution is 1.09. The molecule has 1 aromatic rings. The van der Waals surface area contributed by atoms with Crippen LogP contribution in [0.1, 0.15) is 25.8 Å². The average molecular weight is 162 g/mol. The number of benzene rings is 1. The summed E-state index contributed by atoms with van der Waals surface area (Å²) in [5.41, 5.74) is 1.33. The summed E-state index contributed by atoms with van der Waals surface area (Å²) in [6, 6.07) is 10.3. The van der Waals surface area contributed by atoms with Gasteiger partial charge in [-0.2, -0.15) is 0 Å². The molecule has 0 bridgehead atoms. The molecule has 66 valence electrons. The molecule has 0 aliphatic heterocycles. The highest BCUT2D eigenvalue weighted by atomic mass is 13.9. The first-order chi connectivity index (χ1) is 5.85. The Morgan fingerprint density at radius 2 is 1.67 bits per heavy atom. The summed E-state index contributed by atoms with van der Waals surface area (Å²) in [4.78, 5) is 0. The Morgan fingerprint density at radius 1 is 1.17 bits per heavy atom. The molecule has 0 nitrogen and oxygen atoms in total. The van der Waals surface area contributed by atoms with E-state index in [2.05, 4.69) is 32.6 Å².